The molecule has 0 fully saturated rings. The number of carbonyl (C=O) groups is 1. The fourth-order valence-corrected chi connectivity index (χ4v) is 2.72. The second-order valence-electron chi connectivity index (χ2n) is 6.38. The predicted molar refractivity (Wildman–Crippen MR) is 120 cm³/mol. The summed E-state index contributed by atoms with van der Waals surface area (Å²) in [7, 11) is 1.59. The molecule has 0 radical (unpaired) electrons. The van der Waals surface area contributed by atoms with Crippen molar-refractivity contribution >= 4 is 18.1 Å². The Labute approximate surface area is 181 Å². The Balaban J connectivity index is 1.78. The minimum Gasteiger partial charge on any atom is -0.497 e. The summed E-state index contributed by atoms with van der Waals surface area (Å²) in [6.07, 6.45) is 3.29. The number of rotatable bonds is 6. The number of hydrogen-bond acceptors (Lipinski definition) is 3. The summed E-state index contributed by atoms with van der Waals surface area (Å²) in [6, 6.07) is 22.7. The molecule has 0 amide bonds. The molecular weight excluding hydrogens is 388 g/mol. The minimum atomic E-state index is -0.441. The molecule has 0 aliphatic rings. The van der Waals surface area contributed by atoms with Crippen molar-refractivity contribution in [2.45, 2.75) is 0 Å². The molecule has 0 spiro atoms. The average molecular weight is 406 g/mol. The third-order valence-electron chi connectivity index (χ3n) is 4.33. The quantitative estimate of drug-likeness (QED) is 0.214. The Morgan fingerprint density at radius 2 is 1.23 bits per heavy atom. The summed E-state index contributed by atoms with van der Waals surface area (Å²) in [5.41, 5.74) is 2.44. The lowest BCUT2D eigenvalue weighted by atomic mass is 10.1. The zero-order valence-electron chi connectivity index (χ0n) is 16.8. The Bertz CT molecular complexity index is 1190. The van der Waals surface area contributed by atoms with Crippen molar-refractivity contribution in [1.29, 1.82) is 0 Å². The molecule has 5 nitrogen and oxygen atoms in total. The monoisotopic (exact) mass is 406 g/mol. The number of ether oxygens (including phenoxy) is 2. The molecular formula is C26H18N2O3. The van der Waals surface area contributed by atoms with Crippen LogP contribution in [-0.4, -0.2) is 13.1 Å². The van der Waals surface area contributed by atoms with E-state index in [1.165, 1.54) is 0 Å². The molecule has 0 saturated heterocycles. The third kappa shape index (κ3) is 5.69. The number of hydrogen-bond donors (Lipinski definition) is 0. The maximum absolute atomic E-state index is 12.1. The number of nitrogens with zero attached hydrogens (tertiary/aromatic N) is 2. The Kier molecular flexibility index (Phi) is 6.98. The van der Waals surface area contributed by atoms with E-state index in [9.17, 15) is 4.79 Å². The third-order valence-corrected chi connectivity index (χ3v) is 4.33. The van der Waals surface area contributed by atoms with Gasteiger partial charge in [-0.3, -0.25) is 9.69 Å². The van der Waals surface area contributed by atoms with Crippen molar-refractivity contribution in [3.05, 3.63) is 130 Å². The van der Waals surface area contributed by atoms with Crippen molar-refractivity contribution in [2.75, 3.05) is 7.11 Å². The molecule has 3 aromatic rings. The molecule has 31 heavy (non-hydrogen) atoms. The van der Waals surface area contributed by atoms with Crippen LogP contribution < -0.4 is 9.47 Å². The summed E-state index contributed by atoms with van der Waals surface area (Å²) in [6.45, 7) is 15.0. The Morgan fingerprint density at radius 3 is 1.68 bits per heavy atom. The van der Waals surface area contributed by atoms with E-state index in [0.29, 0.717) is 11.3 Å². The van der Waals surface area contributed by atoms with Gasteiger partial charge in [-0.15, -0.1) is 0 Å². The van der Waals surface area contributed by atoms with Crippen molar-refractivity contribution in [3.63, 3.8) is 0 Å². The first-order chi connectivity index (χ1) is 15.1. The number of methoxy groups -OCH3 is 1. The topological polar surface area (TPSA) is 44.2 Å². The molecule has 150 valence electrons. The van der Waals surface area contributed by atoms with Gasteiger partial charge in [-0.1, -0.05) is 54.6 Å². The van der Waals surface area contributed by atoms with E-state index in [-0.39, 0.29) is 11.4 Å². The van der Waals surface area contributed by atoms with Gasteiger partial charge in [0, 0.05) is 0 Å². The fourth-order valence-electron chi connectivity index (χ4n) is 2.72. The SMILES string of the molecule is [C-]#[N+]C(=Cc1ccc(OC)cc1)C(=Cc1ccc(OC(=O)c2ccccc2)cc1)[N+]#[C-]. The lowest BCUT2D eigenvalue weighted by molar-refractivity contribution is 0.0735. The molecule has 3 rings (SSSR count). The van der Waals surface area contributed by atoms with Gasteiger partial charge in [-0.25, -0.2) is 4.79 Å². The predicted octanol–water partition coefficient (Wildman–Crippen LogP) is 6.13. The molecule has 0 unspecified atom stereocenters. The molecule has 0 N–H and O–H groups in total. The van der Waals surface area contributed by atoms with Crippen LogP contribution in [0.4, 0.5) is 0 Å². The molecule has 0 aliphatic carbocycles. The van der Waals surface area contributed by atoms with Crippen molar-refractivity contribution < 1.29 is 14.3 Å². The van der Waals surface area contributed by atoms with E-state index in [1.54, 1.807) is 79.9 Å². The summed E-state index contributed by atoms with van der Waals surface area (Å²) in [5, 5.41) is 0. The lowest BCUT2D eigenvalue weighted by Crippen LogP contribution is -2.07. The van der Waals surface area contributed by atoms with Crippen LogP contribution in [0, 0.1) is 13.1 Å². The van der Waals surface area contributed by atoms with Crippen molar-refractivity contribution in [1.82, 2.24) is 0 Å². The first-order valence-corrected chi connectivity index (χ1v) is 9.33. The highest BCUT2D eigenvalue weighted by Gasteiger charge is 2.09. The number of esters is 1. The molecule has 5 heteroatoms. The summed E-state index contributed by atoms with van der Waals surface area (Å²) >= 11 is 0. The van der Waals surface area contributed by atoms with Gasteiger partial charge in [-0.2, -0.15) is 0 Å². The van der Waals surface area contributed by atoms with Crippen LogP contribution >= 0.6 is 0 Å². The van der Waals surface area contributed by atoms with Gasteiger partial charge in [0.1, 0.15) is 11.5 Å². The number of carbonyl (C=O) groups excluding carboxylic acids is 1. The van der Waals surface area contributed by atoms with Crippen molar-refractivity contribution in [2.24, 2.45) is 0 Å². The molecule has 0 heterocycles. The van der Waals surface area contributed by atoms with Crippen LogP contribution in [0.1, 0.15) is 21.5 Å². The van der Waals surface area contributed by atoms with Gasteiger partial charge in [0.25, 0.3) is 0 Å². The van der Waals surface area contributed by atoms with Gasteiger partial charge >= 0.3 is 5.97 Å². The average Bonchev–Trinajstić information content (AvgIpc) is 2.83. The summed E-state index contributed by atoms with van der Waals surface area (Å²) < 4.78 is 10.5. The maximum Gasteiger partial charge on any atom is 0.343 e. The molecule has 0 atom stereocenters. The highest BCUT2D eigenvalue weighted by atomic mass is 16.5. The first-order valence-electron chi connectivity index (χ1n) is 9.33. The van der Waals surface area contributed by atoms with Gasteiger partial charge < -0.3 is 9.47 Å². The van der Waals surface area contributed by atoms with Gasteiger partial charge in [0.2, 0.25) is 0 Å². The van der Waals surface area contributed by atoms with Crippen LogP contribution in [0.25, 0.3) is 21.8 Å². The standard InChI is InChI=1S/C26H18N2O3/c1-27-24(17-19-9-13-22(30-3)14-10-19)25(28-2)18-20-11-15-23(16-12-20)31-26(29)21-7-5-4-6-8-21/h4-18H,3H3. The first kappa shape index (κ1) is 21.1. The molecule has 0 saturated carbocycles. The summed E-state index contributed by atoms with van der Waals surface area (Å²) in [5.74, 6) is 0.675. The van der Waals surface area contributed by atoms with E-state index in [0.717, 1.165) is 16.9 Å². The number of benzene rings is 3. The van der Waals surface area contributed by atoms with E-state index in [2.05, 4.69) is 9.69 Å². The summed E-state index contributed by atoms with van der Waals surface area (Å²) in [4.78, 5) is 19.2. The van der Waals surface area contributed by atoms with E-state index in [4.69, 9.17) is 22.6 Å². The van der Waals surface area contributed by atoms with E-state index >= 15 is 0 Å². The fraction of sp³-hybridized carbons (Fsp3) is 0.0385. The van der Waals surface area contributed by atoms with Gasteiger partial charge in [-0.05, 0) is 47.5 Å². The molecule has 0 aromatic heterocycles. The van der Waals surface area contributed by atoms with Crippen LogP contribution in [-0.2, 0) is 0 Å². The lowest BCUT2D eigenvalue weighted by Gasteiger charge is -2.05. The largest absolute Gasteiger partial charge is 0.497 e. The van der Waals surface area contributed by atoms with Gasteiger partial charge in [0.05, 0.1) is 25.8 Å². The van der Waals surface area contributed by atoms with Crippen LogP contribution in [0.2, 0.25) is 0 Å². The van der Waals surface area contributed by atoms with Crippen LogP contribution in [0.3, 0.4) is 0 Å². The zero-order valence-corrected chi connectivity index (χ0v) is 16.8. The van der Waals surface area contributed by atoms with E-state index < -0.39 is 5.97 Å². The highest BCUT2D eigenvalue weighted by molar-refractivity contribution is 5.91. The van der Waals surface area contributed by atoms with Crippen molar-refractivity contribution in [3.8, 4) is 11.5 Å². The van der Waals surface area contributed by atoms with Crippen LogP contribution in [0.15, 0.2) is 90.3 Å². The minimum absolute atomic E-state index is 0.222. The second-order valence-corrected chi connectivity index (χ2v) is 6.38. The molecule has 0 bridgehead atoms. The normalized spacial score (nSPS) is 11.2. The Morgan fingerprint density at radius 1 is 0.742 bits per heavy atom. The van der Waals surface area contributed by atoms with Crippen LogP contribution in [0.5, 0.6) is 11.5 Å². The molecule has 0 aliphatic heterocycles. The Hall–Kier alpha value is -4.61. The van der Waals surface area contributed by atoms with E-state index in [1.807, 2.05) is 18.2 Å². The molecule has 3 aromatic carbocycles. The smallest absolute Gasteiger partial charge is 0.343 e. The zero-order chi connectivity index (χ0) is 22.1. The maximum atomic E-state index is 12.1. The second kappa shape index (κ2) is 10.2. The van der Waals surface area contributed by atoms with Gasteiger partial charge in [0.15, 0.2) is 11.4 Å². The highest BCUT2D eigenvalue weighted by Crippen LogP contribution is 2.23.